The summed E-state index contributed by atoms with van der Waals surface area (Å²) in [5.41, 5.74) is 8.19. The molecule has 100 valence electrons. The highest BCUT2D eigenvalue weighted by Crippen LogP contribution is 2.37. The Labute approximate surface area is 107 Å². The summed E-state index contributed by atoms with van der Waals surface area (Å²) in [6.07, 6.45) is 3.51. The van der Waals surface area contributed by atoms with Gasteiger partial charge >= 0.3 is 0 Å². The van der Waals surface area contributed by atoms with Crippen LogP contribution in [0.3, 0.4) is 0 Å². The quantitative estimate of drug-likeness (QED) is 0.900. The molecule has 1 aromatic heterocycles. The molecule has 1 saturated carbocycles. The molecule has 0 amide bonds. The molecule has 4 heteroatoms. The van der Waals surface area contributed by atoms with E-state index in [4.69, 9.17) is 5.73 Å². The molecule has 18 heavy (non-hydrogen) atoms. The molecule has 0 aliphatic heterocycles. The Hall–Kier alpha value is -1.03. The summed E-state index contributed by atoms with van der Waals surface area (Å²) in [5, 5.41) is 0. The molecule has 1 aliphatic carbocycles. The van der Waals surface area contributed by atoms with Crippen molar-refractivity contribution in [2.45, 2.75) is 51.0 Å². The maximum atomic E-state index is 13.1. The van der Waals surface area contributed by atoms with Crippen LogP contribution in [0.15, 0.2) is 18.3 Å². The van der Waals surface area contributed by atoms with Gasteiger partial charge in [-0.2, -0.15) is 0 Å². The van der Waals surface area contributed by atoms with Gasteiger partial charge in [0, 0.05) is 37.2 Å². The fourth-order valence-electron chi connectivity index (χ4n) is 2.52. The van der Waals surface area contributed by atoms with Crippen molar-refractivity contribution in [2.75, 3.05) is 0 Å². The molecule has 0 spiro atoms. The Morgan fingerprint density at radius 2 is 2.06 bits per heavy atom. The molecule has 0 saturated heterocycles. The van der Waals surface area contributed by atoms with Crippen molar-refractivity contribution in [1.29, 1.82) is 0 Å². The van der Waals surface area contributed by atoms with Crippen LogP contribution in [0.25, 0.3) is 0 Å². The molecule has 1 heterocycles. The van der Waals surface area contributed by atoms with Crippen LogP contribution in [0.4, 0.5) is 8.78 Å². The zero-order chi connectivity index (χ0) is 13.2. The minimum Gasteiger partial charge on any atom is -0.327 e. The summed E-state index contributed by atoms with van der Waals surface area (Å²) in [6, 6.07) is 3.91. The van der Waals surface area contributed by atoms with Crippen LogP contribution in [0.1, 0.15) is 36.9 Å². The molecule has 0 aromatic carbocycles. The maximum Gasteiger partial charge on any atom is 0.248 e. The average Bonchev–Trinajstić information content (AvgIpc) is 2.32. The van der Waals surface area contributed by atoms with Crippen molar-refractivity contribution in [3.63, 3.8) is 0 Å². The summed E-state index contributed by atoms with van der Waals surface area (Å²) in [4.78, 5) is 4.31. The lowest BCUT2D eigenvalue weighted by Gasteiger charge is -2.31. The van der Waals surface area contributed by atoms with Crippen LogP contribution in [-0.4, -0.2) is 16.9 Å². The molecule has 2 nitrogen and oxygen atoms in total. The first-order valence-electron chi connectivity index (χ1n) is 6.51. The van der Waals surface area contributed by atoms with E-state index in [-0.39, 0.29) is 24.8 Å². The molecule has 1 aromatic rings. The van der Waals surface area contributed by atoms with Crippen molar-refractivity contribution in [1.82, 2.24) is 4.98 Å². The zero-order valence-corrected chi connectivity index (χ0v) is 10.7. The van der Waals surface area contributed by atoms with Gasteiger partial charge < -0.3 is 5.73 Å². The predicted octanol–water partition coefficient (Wildman–Crippen LogP) is 3.09. The normalized spacial score (nSPS) is 21.8. The second-order valence-corrected chi connectivity index (χ2v) is 5.39. The largest absolute Gasteiger partial charge is 0.327 e. The Morgan fingerprint density at radius 3 is 2.61 bits per heavy atom. The van der Waals surface area contributed by atoms with Crippen LogP contribution < -0.4 is 5.73 Å². The maximum absolute atomic E-state index is 13.1. The van der Waals surface area contributed by atoms with Crippen LogP contribution in [0.5, 0.6) is 0 Å². The minimum atomic E-state index is -2.47. The smallest absolute Gasteiger partial charge is 0.248 e. The van der Waals surface area contributed by atoms with Crippen LogP contribution in [-0.2, 0) is 6.42 Å². The summed E-state index contributed by atoms with van der Waals surface area (Å²) >= 11 is 0. The van der Waals surface area contributed by atoms with E-state index in [9.17, 15) is 8.78 Å². The summed E-state index contributed by atoms with van der Waals surface area (Å²) in [5.74, 6) is -2.27. The lowest BCUT2D eigenvalue weighted by Crippen LogP contribution is -2.37. The SMILES string of the molecule is Cc1ccc(CC(N)C2CCC(F)(F)CC2)nc1. The molecular weight excluding hydrogens is 234 g/mol. The first-order valence-corrected chi connectivity index (χ1v) is 6.51. The molecule has 1 unspecified atom stereocenters. The van der Waals surface area contributed by atoms with Crippen LogP contribution in [0, 0.1) is 12.8 Å². The lowest BCUT2D eigenvalue weighted by atomic mass is 9.81. The van der Waals surface area contributed by atoms with E-state index in [1.54, 1.807) is 0 Å². The number of aromatic nitrogens is 1. The first kappa shape index (κ1) is 13.4. The third-order valence-electron chi connectivity index (χ3n) is 3.78. The third-order valence-corrected chi connectivity index (χ3v) is 3.78. The van der Waals surface area contributed by atoms with E-state index in [0.717, 1.165) is 11.3 Å². The number of halogens is 2. The molecule has 1 aliphatic rings. The van der Waals surface area contributed by atoms with Crippen molar-refractivity contribution < 1.29 is 8.78 Å². The van der Waals surface area contributed by atoms with Crippen LogP contribution in [0.2, 0.25) is 0 Å². The van der Waals surface area contributed by atoms with E-state index in [2.05, 4.69) is 4.98 Å². The van der Waals surface area contributed by atoms with E-state index in [1.807, 2.05) is 25.3 Å². The third kappa shape index (κ3) is 3.48. The van der Waals surface area contributed by atoms with E-state index in [1.165, 1.54) is 0 Å². The second kappa shape index (κ2) is 5.31. The van der Waals surface area contributed by atoms with Gasteiger partial charge in [-0.25, -0.2) is 8.78 Å². The molecular formula is C14H20F2N2. The molecule has 1 fully saturated rings. The molecule has 0 radical (unpaired) electrons. The van der Waals surface area contributed by atoms with Crippen LogP contribution >= 0.6 is 0 Å². The van der Waals surface area contributed by atoms with Gasteiger partial charge in [0.1, 0.15) is 0 Å². The Kier molecular flexibility index (Phi) is 3.95. The Balaban J connectivity index is 1.89. The van der Waals surface area contributed by atoms with Gasteiger partial charge in [-0.1, -0.05) is 6.07 Å². The summed E-state index contributed by atoms with van der Waals surface area (Å²) in [6.45, 7) is 1.99. The average molecular weight is 254 g/mol. The van der Waals surface area contributed by atoms with Gasteiger partial charge in [-0.05, 0) is 37.3 Å². The minimum absolute atomic E-state index is 0.0211. The first-order chi connectivity index (χ1) is 8.46. The fraction of sp³-hybridized carbons (Fsp3) is 0.643. The number of hydrogen-bond donors (Lipinski definition) is 1. The molecule has 2 rings (SSSR count). The van der Waals surface area contributed by atoms with E-state index < -0.39 is 5.92 Å². The van der Waals surface area contributed by atoms with Crippen molar-refractivity contribution in [3.8, 4) is 0 Å². The van der Waals surface area contributed by atoms with Gasteiger partial charge in [0.15, 0.2) is 0 Å². The van der Waals surface area contributed by atoms with Gasteiger partial charge in [0.25, 0.3) is 0 Å². The number of nitrogens with zero attached hydrogens (tertiary/aromatic N) is 1. The zero-order valence-electron chi connectivity index (χ0n) is 10.7. The summed E-state index contributed by atoms with van der Waals surface area (Å²) in [7, 11) is 0. The lowest BCUT2D eigenvalue weighted by molar-refractivity contribution is -0.0481. The van der Waals surface area contributed by atoms with E-state index in [0.29, 0.717) is 19.3 Å². The number of rotatable bonds is 3. The number of alkyl halides is 2. The summed E-state index contributed by atoms with van der Waals surface area (Å²) < 4.78 is 26.1. The van der Waals surface area contributed by atoms with Gasteiger partial charge in [0.05, 0.1) is 0 Å². The molecule has 2 N–H and O–H groups in total. The molecule has 0 bridgehead atoms. The number of nitrogens with two attached hydrogens (primary N) is 1. The Bertz CT molecular complexity index is 379. The van der Waals surface area contributed by atoms with Gasteiger partial charge in [-0.3, -0.25) is 4.98 Å². The van der Waals surface area contributed by atoms with Crippen molar-refractivity contribution in [3.05, 3.63) is 29.6 Å². The fourth-order valence-corrected chi connectivity index (χ4v) is 2.52. The second-order valence-electron chi connectivity index (χ2n) is 5.39. The highest BCUT2D eigenvalue weighted by Gasteiger charge is 2.36. The number of hydrogen-bond acceptors (Lipinski definition) is 2. The predicted molar refractivity (Wildman–Crippen MR) is 67.6 cm³/mol. The monoisotopic (exact) mass is 254 g/mol. The van der Waals surface area contributed by atoms with Crippen molar-refractivity contribution >= 4 is 0 Å². The van der Waals surface area contributed by atoms with E-state index >= 15 is 0 Å². The number of pyridine rings is 1. The number of aryl methyl sites for hydroxylation is 1. The topological polar surface area (TPSA) is 38.9 Å². The molecule has 1 atom stereocenters. The highest BCUT2D eigenvalue weighted by atomic mass is 19.3. The standard InChI is InChI=1S/C14H20F2N2/c1-10-2-3-12(18-9-10)8-13(17)11-4-6-14(15,16)7-5-11/h2-3,9,11,13H,4-8,17H2,1H3. The highest BCUT2D eigenvalue weighted by molar-refractivity contribution is 5.13. The Morgan fingerprint density at radius 1 is 1.39 bits per heavy atom. The van der Waals surface area contributed by atoms with Crippen molar-refractivity contribution in [2.24, 2.45) is 11.7 Å². The van der Waals surface area contributed by atoms with Gasteiger partial charge in [-0.15, -0.1) is 0 Å². The van der Waals surface area contributed by atoms with Gasteiger partial charge in [0.2, 0.25) is 5.92 Å².